The molecule has 2 heterocycles. The SMILES string of the molecule is O=C(O)c1ccncc1C1=CCN(C(=O)O)CC1. The molecule has 1 aromatic rings. The summed E-state index contributed by atoms with van der Waals surface area (Å²) in [7, 11) is 0. The Hall–Kier alpha value is -2.37. The Bertz CT molecular complexity index is 525. The highest BCUT2D eigenvalue weighted by atomic mass is 16.4. The predicted octanol–water partition coefficient (Wildman–Crippen LogP) is 1.55. The van der Waals surface area contributed by atoms with E-state index in [1.54, 1.807) is 6.08 Å². The molecule has 2 rings (SSSR count). The molecule has 0 unspecified atom stereocenters. The van der Waals surface area contributed by atoms with Crippen molar-refractivity contribution in [3.63, 3.8) is 0 Å². The van der Waals surface area contributed by atoms with Crippen LogP contribution >= 0.6 is 0 Å². The van der Waals surface area contributed by atoms with Crippen LogP contribution in [0.15, 0.2) is 24.5 Å². The molecule has 6 heteroatoms. The van der Waals surface area contributed by atoms with Crippen LogP contribution < -0.4 is 0 Å². The largest absolute Gasteiger partial charge is 0.478 e. The normalized spacial score (nSPS) is 15.1. The van der Waals surface area contributed by atoms with Crippen LogP contribution in [0.3, 0.4) is 0 Å². The molecule has 0 atom stereocenters. The number of carboxylic acids is 1. The summed E-state index contributed by atoms with van der Waals surface area (Å²) in [6.45, 7) is 0.647. The van der Waals surface area contributed by atoms with Crippen molar-refractivity contribution >= 4 is 17.6 Å². The smallest absolute Gasteiger partial charge is 0.407 e. The molecule has 1 amide bonds. The third-order valence-electron chi connectivity index (χ3n) is 2.88. The van der Waals surface area contributed by atoms with Crippen LogP contribution in [-0.2, 0) is 0 Å². The molecule has 0 spiro atoms. The zero-order valence-corrected chi connectivity index (χ0v) is 9.54. The lowest BCUT2D eigenvalue weighted by Crippen LogP contribution is -2.33. The van der Waals surface area contributed by atoms with Gasteiger partial charge >= 0.3 is 12.1 Å². The summed E-state index contributed by atoms with van der Waals surface area (Å²) >= 11 is 0. The molecular formula is C12H12N2O4. The van der Waals surface area contributed by atoms with Crippen molar-refractivity contribution < 1.29 is 19.8 Å². The van der Waals surface area contributed by atoms with Gasteiger partial charge in [0.1, 0.15) is 0 Å². The summed E-state index contributed by atoms with van der Waals surface area (Å²) in [5.41, 5.74) is 1.59. The molecule has 6 nitrogen and oxygen atoms in total. The molecule has 0 bridgehead atoms. The van der Waals surface area contributed by atoms with Crippen LogP contribution in [0, 0.1) is 0 Å². The first-order valence-electron chi connectivity index (χ1n) is 5.44. The number of hydrogen-bond donors (Lipinski definition) is 2. The summed E-state index contributed by atoms with van der Waals surface area (Å²) in [4.78, 5) is 27.0. The monoisotopic (exact) mass is 248 g/mol. The fourth-order valence-corrected chi connectivity index (χ4v) is 1.92. The molecule has 0 saturated carbocycles. The van der Waals surface area contributed by atoms with Gasteiger partial charge in [-0.1, -0.05) is 6.08 Å². The van der Waals surface area contributed by atoms with Crippen molar-refractivity contribution in [3.8, 4) is 0 Å². The van der Waals surface area contributed by atoms with E-state index in [4.69, 9.17) is 10.2 Å². The van der Waals surface area contributed by atoms with Crippen molar-refractivity contribution in [1.82, 2.24) is 9.88 Å². The molecule has 0 aromatic carbocycles. The van der Waals surface area contributed by atoms with Gasteiger partial charge in [-0.3, -0.25) is 4.98 Å². The minimum absolute atomic E-state index is 0.194. The Morgan fingerprint density at radius 3 is 2.67 bits per heavy atom. The number of nitrogens with zero attached hydrogens (tertiary/aromatic N) is 2. The zero-order valence-electron chi connectivity index (χ0n) is 9.54. The number of rotatable bonds is 2. The molecule has 1 aliphatic heterocycles. The van der Waals surface area contributed by atoms with Gasteiger partial charge in [0.15, 0.2) is 0 Å². The molecule has 1 aliphatic rings. The lowest BCUT2D eigenvalue weighted by Gasteiger charge is -2.24. The Labute approximate surface area is 103 Å². The first-order valence-corrected chi connectivity index (χ1v) is 5.44. The van der Waals surface area contributed by atoms with Crippen LogP contribution in [0.1, 0.15) is 22.3 Å². The summed E-state index contributed by atoms with van der Waals surface area (Å²) in [6, 6.07) is 1.45. The Morgan fingerprint density at radius 1 is 1.33 bits per heavy atom. The summed E-state index contributed by atoms with van der Waals surface area (Å²) < 4.78 is 0. The van der Waals surface area contributed by atoms with Crippen LogP contribution in [0.2, 0.25) is 0 Å². The average molecular weight is 248 g/mol. The number of aromatic carboxylic acids is 1. The van der Waals surface area contributed by atoms with E-state index in [1.165, 1.54) is 23.4 Å². The fourth-order valence-electron chi connectivity index (χ4n) is 1.92. The van der Waals surface area contributed by atoms with Gasteiger partial charge in [-0.15, -0.1) is 0 Å². The van der Waals surface area contributed by atoms with E-state index in [0.717, 1.165) is 5.57 Å². The third-order valence-corrected chi connectivity index (χ3v) is 2.88. The van der Waals surface area contributed by atoms with E-state index in [1.807, 2.05) is 0 Å². The summed E-state index contributed by atoms with van der Waals surface area (Å²) in [5.74, 6) is -1.01. The topological polar surface area (TPSA) is 90.7 Å². The average Bonchev–Trinajstić information content (AvgIpc) is 2.39. The maximum Gasteiger partial charge on any atom is 0.407 e. The third kappa shape index (κ3) is 2.32. The summed E-state index contributed by atoms with van der Waals surface area (Å²) in [5, 5.41) is 17.9. The maximum absolute atomic E-state index is 11.1. The van der Waals surface area contributed by atoms with Crippen LogP contribution in [0.4, 0.5) is 4.79 Å². The molecule has 0 fully saturated rings. The van der Waals surface area contributed by atoms with E-state index in [-0.39, 0.29) is 12.1 Å². The Morgan fingerprint density at radius 2 is 2.11 bits per heavy atom. The molecule has 94 valence electrons. The van der Waals surface area contributed by atoms with Crippen molar-refractivity contribution in [2.45, 2.75) is 6.42 Å². The van der Waals surface area contributed by atoms with Crippen LogP contribution in [0.25, 0.3) is 5.57 Å². The van der Waals surface area contributed by atoms with Gasteiger partial charge in [-0.25, -0.2) is 9.59 Å². The maximum atomic E-state index is 11.1. The van der Waals surface area contributed by atoms with Crippen molar-refractivity contribution in [1.29, 1.82) is 0 Å². The zero-order chi connectivity index (χ0) is 13.1. The predicted molar refractivity (Wildman–Crippen MR) is 63.4 cm³/mol. The number of hydrogen-bond acceptors (Lipinski definition) is 3. The number of carbonyl (C=O) groups is 2. The lowest BCUT2D eigenvalue weighted by atomic mass is 9.97. The number of carboxylic acid groups (broad SMARTS) is 2. The molecule has 18 heavy (non-hydrogen) atoms. The van der Waals surface area contributed by atoms with E-state index in [9.17, 15) is 9.59 Å². The molecule has 2 N–H and O–H groups in total. The second-order valence-electron chi connectivity index (χ2n) is 3.93. The van der Waals surface area contributed by atoms with Crippen LogP contribution in [0.5, 0.6) is 0 Å². The van der Waals surface area contributed by atoms with E-state index in [0.29, 0.717) is 18.5 Å². The van der Waals surface area contributed by atoms with E-state index < -0.39 is 12.1 Å². The fraction of sp³-hybridized carbons (Fsp3) is 0.250. The first-order chi connectivity index (χ1) is 8.59. The molecule has 0 radical (unpaired) electrons. The number of aromatic nitrogens is 1. The molecule has 0 aliphatic carbocycles. The van der Waals surface area contributed by atoms with Gasteiger partial charge in [0.2, 0.25) is 0 Å². The van der Waals surface area contributed by atoms with Crippen molar-refractivity contribution in [2.75, 3.05) is 13.1 Å². The van der Waals surface area contributed by atoms with Gasteiger partial charge in [0, 0.05) is 31.0 Å². The number of pyridine rings is 1. The Balaban J connectivity index is 2.29. The minimum Gasteiger partial charge on any atom is -0.478 e. The van der Waals surface area contributed by atoms with E-state index >= 15 is 0 Å². The first kappa shape index (κ1) is 12.1. The van der Waals surface area contributed by atoms with Crippen LogP contribution in [-0.4, -0.2) is 45.2 Å². The second kappa shape index (κ2) is 4.87. The second-order valence-corrected chi connectivity index (χ2v) is 3.93. The number of amides is 1. The molecule has 0 saturated heterocycles. The highest BCUT2D eigenvalue weighted by molar-refractivity contribution is 5.94. The lowest BCUT2D eigenvalue weighted by molar-refractivity contribution is 0.0696. The highest BCUT2D eigenvalue weighted by Crippen LogP contribution is 2.24. The van der Waals surface area contributed by atoms with Gasteiger partial charge in [-0.2, -0.15) is 0 Å². The quantitative estimate of drug-likeness (QED) is 0.828. The van der Waals surface area contributed by atoms with Crippen molar-refractivity contribution in [2.24, 2.45) is 0 Å². The highest BCUT2D eigenvalue weighted by Gasteiger charge is 2.20. The van der Waals surface area contributed by atoms with E-state index in [2.05, 4.69) is 4.98 Å². The minimum atomic E-state index is -1.01. The summed E-state index contributed by atoms with van der Waals surface area (Å²) in [6.07, 6.45) is 4.21. The van der Waals surface area contributed by atoms with Gasteiger partial charge in [-0.05, 0) is 18.1 Å². The van der Waals surface area contributed by atoms with Gasteiger partial charge in [0.05, 0.1) is 5.56 Å². The van der Waals surface area contributed by atoms with Gasteiger partial charge < -0.3 is 15.1 Å². The van der Waals surface area contributed by atoms with Crippen molar-refractivity contribution in [3.05, 3.63) is 35.7 Å². The molecular weight excluding hydrogens is 236 g/mol. The molecule has 1 aromatic heterocycles. The Kier molecular flexibility index (Phi) is 3.27. The standard InChI is InChI=1S/C12H12N2O4/c15-11(16)9-1-4-13-7-10(9)8-2-5-14(6-3-8)12(17)18/h1-2,4,7H,3,5-6H2,(H,15,16)(H,17,18). The van der Waals surface area contributed by atoms with Gasteiger partial charge in [0.25, 0.3) is 0 Å².